The molecule has 72 valence electrons. The summed E-state index contributed by atoms with van der Waals surface area (Å²) >= 11 is 0. The van der Waals surface area contributed by atoms with Gasteiger partial charge in [0.25, 0.3) is 0 Å². The topological polar surface area (TPSA) is 34.1 Å². The second-order valence-electron chi connectivity index (χ2n) is 3.03. The molecule has 3 nitrogen and oxygen atoms in total. The Morgan fingerprint density at radius 2 is 2.15 bits per heavy atom. The van der Waals surface area contributed by atoms with Crippen molar-refractivity contribution in [3.8, 4) is 0 Å². The summed E-state index contributed by atoms with van der Waals surface area (Å²) in [7, 11) is 1.92. The zero-order valence-corrected chi connectivity index (χ0v) is 8.16. The molecule has 1 heterocycles. The number of rotatable bonds is 5. The summed E-state index contributed by atoms with van der Waals surface area (Å²) in [5, 5.41) is 3.07. The van der Waals surface area contributed by atoms with Crippen LogP contribution in [0.5, 0.6) is 0 Å². The summed E-state index contributed by atoms with van der Waals surface area (Å²) in [6.45, 7) is 3.59. The van der Waals surface area contributed by atoms with Gasteiger partial charge in [0.15, 0.2) is 0 Å². The van der Waals surface area contributed by atoms with Crippen LogP contribution in [-0.4, -0.2) is 24.7 Å². The maximum atomic E-state index is 5.58. The van der Waals surface area contributed by atoms with E-state index in [0.717, 1.165) is 12.1 Å². The van der Waals surface area contributed by atoms with Crippen LogP contribution in [0.1, 0.15) is 12.5 Å². The molecule has 1 N–H and O–H groups in total. The van der Waals surface area contributed by atoms with E-state index in [4.69, 9.17) is 4.74 Å². The molecule has 0 spiro atoms. The molecule has 0 saturated heterocycles. The Balaban J connectivity index is 2.27. The summed E-state index contributed by atoms with van der Waals surface area (Å²) in [5.41, 5.74) is 1.16. The Morgan fingerprint density at radius 1 is 1.46 bits per heavy atom. The monoisotopic (exact) mass is 180 g/mol. The van der Waals surface area contributed by atoms with Crippen LogP contribution >= 0.6 is 0 Å². The Labute approximate surface area is 79.1 Å². The van der Waals surface area contributed by atoms with Crippen molar-refractivity contribution >= 4 is 0 Å². The van der Waals surface area contributed by atoms with Gasteiger partial charge >= 0.3 is 0 Å². The lowest BCUT2D eigenvalue weighted by Gasteiger charge is -2.11. The number of nitrogens with one attached hydrogen (secondary N) is 1. The van der Waals surface area contributed by atoms with Gasteiger partial charge in [0.1, 0.15) is 0 Å². The van der Waals surface area contributed by atoms with Crippen molar-refractivity contribution < 1.29 is 4.74 Å². The third kappa shape index (κ3) is 4.01. The second-order valence-corrected chi connectivity index (χ2v) is 3.03. The third-order valence-electron chi connectivity index (χ3n) is 1.78. The number of pyridine rings is 1. The Bertz CT molecular complexity index is 226. The van der Waals surface area contributed by atoms with Gasteiger partial charge in [-0.25, -0.2) is 0 Å². The predicted octanol–water partition coefficient (Wildman–Crippen LogP) is 1.21. The molecule has 0 aliphatic heterocycles. The fourth-order valence-electron chi connectivity index (χ4n) is 1.06. The molecule has 0 fully saturated rings. The highest BCUT2D eigenvalue weighted by Crippen LogP contribution is 2.00. The van der Waals surface area contributed by atoms with Crippen LogP contribution in [0.2, 0.25) is 0 Å². The predicted molar refractivity (Wildman–Crippen MR) is 52.4 cm³/mol. The van der Waals surface area contributed by atoms with Crippen LogP contribution in [0.25, 0.3) is 0 Å². The van der Waals surface area contributed by atoms with Gasteiger partial charge in [-0.3, -0.25) is 4.98 Å². The summed E-state index contributed by atoms with van der Waals surface area (Å²) in [6, 6.07) is 3.93. The fourth-order valence-corrected chi connectivity index (χ4v) is 1.06. The van der Waals surface area contributed by atoms with E-state index in [1.807, 2.05) is 19.2 Å². The highest BCUT2D eigenvalue weighted by Gasteiger charge is 1.99. The minimum atomic E-state index is 0.248. The van der Waals surface area contributed by atoms with E-state index in [1.165, 1.54) is 0 Å². The standard InChI is InChI=1S/C10H16N2O/c1-9(7-11-2)13-8-10-3-5-12-6-4-10/h3-6,9,11H,7-8H2,1-2H3. The minimum absolute atomic E-state index is 0.248. The average Bonchev–Trinajstić information content (AvgIpc) is 2.17. The van der Waals surface area contributed by atoms with E-state index in [9.17, 15) is 0 Å². The molecule has 0 radical (unpaired) electrons. The van der Waals surface area contributed by atoms with Gasteiger partial charge < -0.3 is 10.1 Å². The van der Waals surface area contributed by atoms with Crippen molar-refractivity contribution in [3.05, 3.63) is 30.1 Å². The third-order valence-corrected chi connectivity index (χ3v) is 1.78. The van der Waals surface area contributed by atoms with Crippen molar-refractivity contribution in [2.45, 2.75) is 19.6 Å². The molecular weight excluding hydrogens is 164 g/mol. The van der Waals surface area contributed by atoms with Crippen LogP contribution in [0.3, 0.4) is 0 Å². The first-order valence-electron chi connectivity index (χ1n) is 4.48. The van der Waals surface area contributed by atoms with Gasteiger partial charge in [-0.15, -0.1) is 0 Å². The summed E-state index contributed by atoms with van der Waals surface area (Å²) in [4.78, 5) is 3.94. The maximum Gasteiger partial charge on any atom is 0.0722 e. The molecule has 0 amide bonds. The number of aromatic nitrogens is 1. The Hall–Kier alpha value is -0.930. The first-order chi connectivity index (χ1) is 6.33. The lowest BCUT2D eigenvalue weighted by atomic mass is 10.3. The highest BCUT2D eigenvalue weighted by atomic mass is 16.5. The Morgan fingerprint density at radius 3 is 2.77 bits per heavy atom. The van der Waals surface area contributed by atoms with E-state index in [2.05, 4.69) is 17.2 Å². The zero-order valence-electron chi connectivity index (χ0n) is 8.16. The van der Waals surface area contributed by atoms with Crippen LogP contribution in [0, 0.1) is 0 Å². The number of ether oxygens (including phenoxy) is 1. The van der Waals surface area contributed by atoms with Crippen molar-refractivity contribution in [1.82, 2.24) is 10.3 Å². The molecular formula is C10H16N2O. The average molecular weight is 180 g/mol. The molecule has 0 saturated carbocycles. The quantitative estimate of drug-likeness (QED) is 0.739. The summed E-state index contributed by atoms with van der Waals surface area (Å²) < 4.78 is 5.58. The molecule has 1 unspecified atom stereocenters. The van der Waals surface area contributed by atoms with Crippen molar-refractivity contribution in [1.29, 1.82) is 0 Å². The lowest BCUT2D eigenvalue weighted by molar-refractivity contribution is 0.0544. The molecule has 1 atom stereocenters. The van der Waals surface area contributed by atoms with Crippen molar-refractivity contribution in [2.75, 3.05) is 13.6 Å². The number of nitrogens with zero attached hydrogens (tertiary/aromatic N) is 1. The lowest BCUT2D eigenvalue weighted by Crippen LogP contribution is -2.23. The highest BCUT2D eigenvalue weighted by molar-refractivity contribution is 5.07. The Kier molecular flexibility index (Phi) is 4.43. The molecule has 1 aromatic heterocycles. The van der Waals surface area contributed by atoms with Crippen molar-refractivity contribution in [2.24, 2.45) is 0 Å². The van der Waals surface area contributed by atoms with Crippen molar-refractivity contribution in [3.63, 3.8) is 0 Å². The van der Waals surface area contributed by atoms with Gasteiger partial charge in [0, 0.05) is 18.9 Å². The number of hydrogen-bond donors (Lipinski definition) is 1. The van der Waals surface area contributed by atoms with Gasteiger partial charge in [0.2, 0.25) is 0 Å². The smallest absolute Gasteiger partial charge is 0.0722 e. The molecule has 0 aromatic carbocycles. The van der Waals surface area contributed by atoms with Gasteiger partial charge in [-0.1, -0.05) is 0 Å². The maximum absolute atomic E-state index is 5.58. The molecule has 0 aliphatic carbocycles. The van der Waals surface area contributed by atoms with Crippen LogP contribution in [0.4, 0.5) is 0 Å². The normalized spacial score (nSPS) is 12.8. The van der Waals surface area contributed by atoms with E-state index >= 15 is 0 Å². The number of hydrogen-bond acceptors (Lipinski definition) is 3. The van der Waals surface area contributed by atoms with Gasteiger partial charge in [0.05, 0.1) is 12.7 Å². The molecule has 0 bridgehead atoms. The van der Waals surface area contributed by atoms with Gasteiger partial charge in [-0.05, 0) is 31.7 Å². The molecule has 1 rings (SSSR count). The number of likely N-dealkylation sites (N-methyl/N-ethyl adjacent to an activating group) is 1. The molecule has 0 aliphatic rings. The molecule has 1 aromatic rings. The second kappa shape index (κ2) is 5.67. The van der Waals surface area contributed by atoms with E-state index in [1.54, 1.807) is 12.4 Å². The van der Waals surface area contributed by atoms with E-state index in [-0.39, 0.29) is 6.10 Å². The zero-order chi connectivity index (χ0) is 9.52. The summed E-state index contributed by atoms with van der Waals surface area (Å²) in [5.74, 6) is 0. The van der Waals surface area contributed by atoms with E-state index in [0.29, 0.717) is 6.61 Å². The SMILES string of the molecule is CNCC(C)OCc1ccncc1. The first kappa shape index (κ1) is 10.2. The fraction of sp³-hybridized carbons (Fsp3) is 0.500. The van der Waals surface area contributed by atoms with Gasteiger partial charge in [-0.2, -0.15) is 0 Å². The van der Waals surface area contributed by atoms with Crippen LogP contribution in [0.15, 0.2) is 24.5 Å². The summed E-state index contributed by atoms with van der Waals surface area (Å²) in [6.07, 6.45) is 3.81. The van der Waals surface area contributed by atoms with E-state index < -0.39 is 0 Å². The largest absolute Gasteiger partial charge is 0.373 e. The minimum Gasteiger partial charge on any atom is -0.373 e. The molecule has 13 heavy (non-hydrogen) atoms. The first-order valence-corrected chi connectivity index (χ1v) is 4.48. The molecule has 3 heteroatoms. The van der Waals surface area contributed by atoms with Crippen LogP contribution < -0.4 is 5.32 Å². The van der Waals surface area contributed by atoms with Crippen LogP contribution in [-0.2, 0) is 11.3 Å².